The lowest BCUT2D eigenvalue weighted by atomic mass is 9.91. The van der Waals surface area contributed by atoms with E-state index >= 15 is 0 Å². The van der Waals surface area contributed by atoms with Gasteiger partial charge in [0.2, 0.25) is 5.91 Å². The van der Waals surface area contributed by atoms with Crippen molar-refractivity contribution in [2.45, 2.75) is 51.0 Å². The van der Waals surface area contributed by atoms with Crippen molar-refractivity contribution in [3.05, 3.63) is 17.0 Å². The summed E-state index contributed by atoms with van der Waals surface area (Å²) in [4.78, 5) is 26.3. The fraction of sp³-hybridized carbons (Fsp3) is 0.688. The number of hydrogen-bond acceptors (Lipinski definition) is 4. The van der Waals surface area contributed by atoms with Crippen LogP contribution in [0.2, 0.25) is 0 Å². The van der Waals surface area contributed by atoms with Crippen LogP contribution in [0, 0.1) is 5.92 Å². The Morgan fingerprint density at radius 1 is 1.18 bits per heavy atom. The van der Waals surface area contributed by atoms with E-state index < -0.39 is 0 Å². The average Bonchev–Trinajstić information content (AvgIpc) is 3.08. The first-order valence-electron chi connectivity index (χ1n) is 8.29. The molecule has 4 rings (SSSR count). The van der Waals surface area contributed by atoms with Gasteiger partial charge in [-0.3, -0.25) is 9.59 Å². The fourth-order valence-corrected chi connectivity index (χ4v) is 3.43. The van der Waals surface area contributed by atoms with Crippen LogP contribution in [0.5, 0.6) is 0 Å². The summed E-state index contributed by atoms with van der Waals surface area (Å²) in [6.07, 6.45) is 6.40. The van der Waals surface area contributed by atoms with Gasteiger partial charge in [-0.15, -0.1) is 0 Å². The molecule has 2 aliphatic carbocycles. The molecule has 1 saturated carbocycles. The molecule has 1 aliphatic heterocycles. The van der Waals surface area contributed by atoms with Crippen LogP contribution in [-0.2, 0) is 17.6 Å². The molecule has 2 amide bonds. The molecule has 0 radical (unpaired) electrons. The highest BCUT2D eigenvalue weighted by atomic mass is 16.5. The summed E-state index contributed by atoms with van der Waals surface area (Å²) in [6, 6.07) is 0.102. The predicted octanol–water partition coefficient (Wildman–Crippen LogP) is 1.29. The molecule has 6 nitrogen and oxygen atoms in total. The van der Waals surface area contributed by atoms with Gasteiger partial charge in [0.15, 0.2) is 5.69 Å². The molecule has 1 aromatic heterocycles. The number of carbonyl (C=O) groups excluding carboxylic acids is 2. The standard InChI is InChI=1S/C16H21N3O3/c20-15(10-3-4-10)17-11-5-6-13-12(9-11)14(18-22-13)16(21)19-7-1-2-8-19/h10-11H,1-9H2,(H,17,20). The largest absolute Gasteiger partial charge is 0.360 e. The SMILES string of the molecule is O=C(NC1CCc2onc(C(=O)N3CCCC3)c2C1)C1CC1. The topological polar surface area (TPSA) is 75.4 Å². The number of aromatic nitrogens is 1. The molecule has 1 atom stereocenters. The van der Waals surface area contributed by atoms with Gasteiger partial charge in [0.1, 0.15) is 5.76 Å². The van der Waals surface area contributed by atoms with E-state index in [-0.39, 0.29) is 23.8 Å². The van der Waals surface area contributed by atoms with Crippen molar-refractivity contribution in [2.75, 3.05) is 13.1 Å². The van der Waals surface area contributed by atoms with Gasteiger partial charge in [0, 0.05) is 37.0 Å². The average molecular weight is 303 g/mol. The van der Waals surface area contributed by atoms with Crippen molar-refractivity contribution in [3.8, 4) is 0 Å². The minimum absolute atomic E-state index is 0.0170. The van der Waals surface area contributed by atoms with E-state index in [1.807, 2.05) is 4.90 Å². The third-order valence-corrected chi connectivity index (χ3v) is 4.93. The van der Waals surface area contributed by atoms with Gasteiger partial charge in [-0.1, -0.05) is 5.16 Å². The van der Waals surface area contributed by atoms with Gasteiger partial charge in [0.05, 0.1) is 0 Å². The zero-order valence-corrected chi connectivity index (χ0v) is 12.6. The van der Waals surface area contributed by atoms with Gasteiger partial charge in [-0.25, -0.2) is 0 Å². The number of likely N-dealkylation sites (tertiary alicyclic amines) is 1. The van der Waals surface area contributed by atoms with Crippen molar-refractivity contribution in [2.24, 2.45) is 5.92 Å². The Hall–Kier alpha value is -1.85. The van der Waals surface area contributed by atoms with Crippen LogP contribution in [0.15, 0.2) is 4.52 Å². The van der Waals surface area contributed by atoms with E-state index in [2.05, 4.69) is 10.5 Å². The number of fused-ring (bicyclic) bond motifs is 1. The number of amides is 2. The van der Waals surface area contributed by atoms with Crippen LogP contribution < -0.4 is 5.32 Å². The van der Waals surface area contributed by atoms with E-state index in [9.17, 15) is 9.59 Å². The molecule has 6 heteroatoms. The highest BCUT2D eigenvalue weighted by Gasteiger charge is 2.35. The van der Waals surface area contributed by atoms with E-state index in [1.54, 1.807) is 0 Å². The minimum Gasteiger partial charge on any atom is -0.360 e. The number of hydrogen-bond donors (Lipinski definition) is 1. The molecule has 1 N–H and O–H groups in total. The lowest BCUT2D eigenvalue weighted by Gasteiger charge is -2.23. The van der Waals surface area contributed by atoms with E-state index in [0.717, 1.165) is 62.9 Å². The van der Waals surface area contributed by atoms with Crippen molar-refractivity contribution in [1.29, 1.82) is 0 Å². The molecule has 0 aromatic carbocycles. The van der Waals surface area contributed by atoms with Crippen LogP contribution in [0.25, 0.3) is 0 Å². The molecular formula is C16H21N3O3. The number of nitrogens with one attached hydrogen (secondary N) is 1. The quantitative estimate of drug-likeness (QED) is 0.913. The maximum atomic E-state index is 12.5. The molecule has 0 bridgehead atoms. The normalized spacial score (nSPS) is 24.2. The smallest absolute Gasteiger partial charge is 0.276 e. The van der Waals surface area contributed by atoms with Crippen molar-refractivity contribution < 1.29 is 14.1 Å². The first-order valence-corrected chi connectivity index (χ1v) is 8.29. The van der Waals surface area contributed by atoms with Gasteiger partial charge < -0.3 is 14.7 Å². The first-order chi connectivity index (χ1) is 10.7. The Kier molecular flexibility index (Phi) is 3.39. The first kappa shape index (κ1) is 13.8. The number of nitrogens with zero attached hydrogens (tertiary/aromatic N) is 2. The summed E-state index contributed by atoms with van der Waals surface area (Å²) >= 11 is 0. The predicted molar refractivity (Wildman–Crippen MR) is 78.3 cm³/mol. The van der Waals surface area contributed by atoms with Crippen LogP contribution in [0.1, 0.15) is 53.9 Å². The number of rotatable bonds is 3. The van der Waals surface area contributed by atoms with Gasteiger partial charge in [0.25, 0.3) is 5.91 Å². The summed E-state index contributed by atoms with van der Waals surface area (Å²) in [6.45, 7) is 1.62. The summed E-state index contributed by atoms with van der Waals surface area (Å²) in [5.41, 5.74) is 1.37. The summed E-state index contributed by atoms with van der Waals surface area (Å²) in [5.74, 6) is 1.18. The van der Waals surface area contributed by atoms with Crippen LogP contribution in [0.4, 0.5) is 0 Å². The molecule has 118 valence electrons. The van der Waals surface area contributed by atoms with Gasteiger partial charge >= 0.3 is 0 Å². The van der Waals surface area contributed by atoms with Gasteiger partial charge in [-0.05, 0) is 38.5 Å². The molecule has 1 aromatic rings. The lowest BCUT2D eigenvalue weighted by molar-refractivity contribution is -0.123. The van der Waals surface area contributed by atoms with Crippen molar-refractivity contribution >= 4 is 11.8 Å². The monoisotopic (exact) mass is 303 g/mol. The molecule has 2 fully saturated rings. The van der Waals surface area contributed by atoms with Crippen LogP contribution in [0.3, 0.4) is 0 Å². The minimum atomic E-state index is -0.0170. The molecule has 1 unspecified atom stereocenters. The Labute approximate surface area is 129 Å². The van der Waals surface area contributed by atoms with E-state index in [0.29, 0.717) is 12.1 Å². The van der Waals surface area contributed by atoms with Crippen LogP contribution in [-0.4, -0.2) is 41.0 Å². The fourth-order valence-electron chi connectivity index (χ4n) is 3.43. The summed E-state index contributed by atoms with van der Waals surface area (Å²) in [5, 5.41) is 7.14. The van der Waals surface area contributed by atoms with Crippen molar-refractivity contribution in [1.82, 2.24) is 15.4 Å². The second-order valence-corrected chi connectivity index (χ2v) is 6.65. The third kappa shape index (κ3) is 2.51. The molecule has 2 heterocycles. The Morgan fingerprint density at radius 3 is 2.68 bits per heavy atom. The second kappa shape index (κ2) is 5.41. The molecule has 3 aliphatic rings. The van der Waals surface area contributed by atoms with E-state index in [4.69, 9.17) is 4.52 Å². The molecule has 1 saturated heterocycles. The Balaban J connectivity index is 1.49. The molecule has 0 spiro atoms. The lowest BCUT2D eigenvalue weighted by Crippen LogP contribution is -2.40. The second-order valence-electron chi connectivity index (χ2n) is 6.65. The zero-order valence-electron chi connectivity index (χ0n) is 12.6. The molecule has 22 heavy (non-hydrogen) atoms. The maximum Gasteiger partial charge on any atom is 0.276 e. The highest BCUT2D eigenvalue weighted by molar-refractivity contribution is 5.94. The number of carbonyl (C=O) groups is 2. The third-order valence-electron chi connectivity index (χ3n) is 4.93. The van der Waals surface area contributed by atoms with Crippen molar-refractivity contribution in [3.63, 3.8) is 0 Å². The van der Waals surface area contributed by atoms with Gasteiger partial charge in [-0.2, -0.15) is 0 Å². The summed E-state index contributed by atoms with van der Waals surface area (Å²) < 4.78 is 5.37. The Bertz CT molecular complexity index is 600. The zero-order chi connectivity index (χ0) is 15.1. The summed E-state index contributed by atoms with van der Waals surface area (Å²) in [7, 11) is 0. The van der Waals surface area contributed by atoms with E-state index in [1.165, 1.54) is 0 Å². The number of aryl methyl sites for hydroxylation is 1. The Morgan fingerprint density at radius 2 is 1.95 bits per heavy atom. The highest BCUT2D eigenvalue weighted by Crippen LogP contribution is 2.30. The van der Waals surface area contributed by atoms with Crippen LogP contribution >= 0.6 is 0 Å². The molecular weight excluding hydrogens is 282 g/mol. The maximum absolute atomic E-state index is 12.5.